The molecule has 4 atom stereocenters. The van der Waals surface area contributed by atoms with Crippen LogP contribution in [0.25, 0.3) is 0 Å². The highest BCUT2D eigenvalue weighted by atomic mass is 16.6. The summed E-state index contributed by atoms with van der Waals surface area (Å²) >= 11 is 0. The summed E-state index contributed by atoms with van der Waals surface area (Å²) < 4.78 is 14.0. The minimum Gasteiger partial charge on any atom is -0.475 e. The number of nitrogens with zero attached hydrogens (tertiary/aromatic N) is 1. The van der Waals surface area contributed by atoms with Gasteiger partial charge in [-0.3, -0.25) is 14.3 Å². The lowest BCUT2D eigenvalue weighted by atomic mass is 9.79. The van der Waals surface area contributed by atoms with Gasteiger partial charge >= 0.3 is 5.69 Å². The van der Waals surface area contributed by atoms with Gasteiger partial charge in [0.1, 0.15) is 24.1 Å². The summed E-state index contributed by atoms with van der Waals surface area (Å²) in [4.78, 5) is 26.2. The Hall–Kier alpha value is -3.98. The average Bonchev–Trinajstić information content (AvgIpc) is 3.18. The fourth-order valence-corrected chi connectivity index (χ4v) is 4.57. The van der Waals surface area contributed by atoms with Crippen LogP contribution in [-0.4, -0.2) is 38.1 Å². The number of para-hydroxylation sites is 1. The summed E-state index contributed by atoms with van der Waals surface area (Å²) in [5.41, 5.74) is -1.37. The molecule has 178 valence electrons. The molecule has 1 aliphatic rings. The topological polar surface area (TPSA) is 114 Å². The largest absolute Gasteiger partial charge is 0.475 e. The van der Waals surface area contributed by atoms with E-state index in [9.17, 15) is 19.8 Å². The predicted molar refractivity (Wildman–Crippen MR) is 128 cm³/mol. The number of H-pyrrole nitrogens is 1. The van der Waals surface area contributed by atoms with Crippen molar-refractivity contribution in [2.75, 3.05) is 0 Å². The maximum atomic E-state index is 12.5. The highest BCUT2D eigenvalue weighted by Crippen LogP contribution is 2.46. The van der Waals surface area contributed by atoms with E-state index < -0.39 is 41.4 Å². The lowest BCUT2D eigenvalue weighted by Crippen LogP contribution is -2.51. The number of aromatic nitrogens is 2. The van der Waals surface area contributed by atoms with Crippen LogP contribution >= 0.6 is 0 Å². The Bertz CT molecular complexity index is 1350. The van der Waals surface area contributed by atoms with E-state index in [1.807, 2.05) is 78.9 Å². The quantitative estimate of drug-likeness (QED) is 0.396. The normalized spacial score (nSPS) is 22.1. The minimum absolute atomic E-state index is 0.523. The van der Waals surface area contributed by atoms with E-state index >= 15 is 0 Å². The Morgan fingerprint density at radius 2 is 1.31 bits per heavy atom. The third-order valence-corrected chi connectivity index (χ3v) is 6.19. The maximum Gasteiger partial charge on any atom is 0.330 e. The van der Waals surface area contributed by atoms with E-state index in [0.29, 0.717) is 16.9 Å². The van der Waals surface area contributed by atoms with Crippen molar-refractivity contribution in [3.63, 3.8) is 0 Å². The third-order valence-electron chi connectivity index (χ3n) is 6.19. The van der Waals surface area contributed by atoms with E-state index in [1.54, 1.807) is 12.1 Å². The van der Waals surface area contributed by atoms with Gasteiger partial charge in [-0.15, -0.1) is 0 Å². The first kappa shape index (κ1) is 22.8. The van der Waals surface area contributed by atoms with Crippen molar-refractivity contribution in [3.8, 4) is 5.75 Å². The van der Waals surface area contributed by atoms with E-state index in [2.05, 4.69) is 4.98 Å². The number of benzene rings is 3. The van der Waals surface area contributed by atoms with Gasteiger partial charge in [0.2, 0.25) is 0 Å². The van der Waals surface area contributed by atoms with Gasteiger partial charge in [0.15, 0.2) is 11.8 Å². The van der Waals surface area contributed by atoms with Crippen LogP contribution in [0, 0.1) is 0 Å². The van der Waals surface area contributed by atoms with Crippen LogP contribution < -0.4 is 16.0 Å². The standard InChI is InChI=1S/C27H24N2O6/c30-21-16-17-29(26(33)28-21)25-23(32)22(31)24(34-25)27(18-10-4-1-5-11-18,19-12-6-2-7-13-19)35-20-14-8-3-9-15-20/h1-17,22-25,31-32H,(H,28,30,33)/t22-,23+,24-,25+/m0/s1. The maximum absolute atomic E-state index is 12.5. The number of aliphatic hydroxyl groups is 2. The SMILES string of the molecule is O=c1ccn([C@@H]2O[C@H](C(Oc3ccccc3)(c3ccccc3)c3ccccc3)[C@@H](O)[C@H]2O)c(=O)[nH]1. The minimum atomic E-state index is -1.48. The molecule has 0 amide bonds. The molecule has 8 nitrogen and oxygen atoms in total. The van der Waals surface area contributed by atoms with E-state index in [4.69, 9.17) is 9.47 Å². The van der Waals surface area contributed by atoms with Crippen molar-refractivity contribution in [1.82, 2.24) is 9.55 Å². The Labute approximate surface area is 200 Å². The van der Waals surface area contributed by atoms with Gasteiger partial charge in [-0.05, 0) is 12.1 Å². The second-order valence-electron chi connectivity index (χ2n) is 8.33. The molecule has 2 heterocycles. The van der Waals surface area contributed by atoms with Crippen LogP contribution in [0.15, 0.2) is 113 Å². The molecular formula is C27H24N2O6. The Balaban J connectivity index is 1.70. The zero-order valence-corrected chi connectivity index (χ0v) is 18.6. The van der Waals surface area contributed by atoms with Crippen molar-refractivity contribution in [2.24, 2.45) is 0 Å². The van der Waals surface area contributed by atoms with Gasteiger partial charge < -0.3 is 19.7 Å². The zero-order chi connectivity index (χ0) is 24.4. The molecular weight excluding hydrogens is 448 g/mol. The van der Waals surface area contributed by atoms with Crippen molar-refractivity contribution in [2.45, 2.75) is 30.1 Å². The molecule has 0 unspecified atom stereocenters. The van der Waals surface area contributed by atoms with Gasteiger partial charge in [0.25, 0.3) is 5.56 Å². The monoisotopic (exact) mass is 472 g/mol. The zero-order valence-electron chi connectivity index (χ0n) is 18.6. The molecule has 4 aromatic rings. The van der Waals surface area contributed by atoms with Crippen LogP contribution in [0.1, 0.15) is 17.4 Å². The second-order valence-corrected chi connectivity index (χ2v) is 8.33. The summed E-state index contributed by atoms with van der Waals surface area (Å²) in [6.45, 7) is 0. The van der Waals surface area contributed by atoms with Crippen LogP contribution in [0.5, 0.6) is 5.75 Å². The number of aliphatic hydroxyl groups excluding tert-OH is 2. The molecule has 0 spiro atoms. The molecule has 0 radical (unpaired) electrons. The van der Waals surface area contributed by atoms with Crippen LogP contribution in [0.3, 0.4) is 0 Å². The van der Waals surface area contributed by atoms with Crippen molar-refractivity contribution in [1.29, 1.82) is 0 Å². The van der Waals surface area contributed by atoms with Crippen LogP contribution in [0.4, 0.5) is 0 Å². The molecule has 3 N–H and O–H groups in total. The van der Waals surface area contributed by atoms with E-state index in [0.717, 1.165) is 10.6 Å². The molecule has 8 heteroatoms. The Kier molecular flexibility index (Phi) is 6.08. The lowest BCUT2D eigenvalue weighted by Gasteiger charge is -2.41. The summed E-state index contributed by atoms with van der Waals surface area (Å²) in [7, 11) is 0. The fraction of sp³-hybridized carbons (Fsp3) is 0.185. The first-order valence-corrected chi connectivity index (χ1v) is 11.2. The number of hydrogen-bond donors (Lipinski definition) is 3. The summed E-state index contributed by atoms with van der Waals surface area (Å²) in [6, 6.07) is 28.8. The number of hydrogen-bond acceptors (Lipinski definition) is 6. The molecule has 35 heavy (non-hydrogen) atoms. The molecule has 1 aromatic heterocycles. The summed E-state index contributed by atoms with van der Waals surface area (Å²) in [5, 5.41) is 22.3. The molecule has 1 saturated heterocycles. The molecule has 0 bridgehead atoms. The van der Waals surface area contributed by atoms with Crippen molar-refractivity contribution < 1.29 is 19.7 Å². The van der Waals surface area contributed by atoms with Gasteiger partial charge in [-0.1, -0.05) is 78.9 Å². The smallest absolute Gasteiger partial charge is 0.330 e. The molecule has 1 aliphatic heterocycles. The van der Waals surface area contributed by atoms with Crippen LogP contribution in [0.2, 0.25) is 0 Å². The number of nitrogens with one attached hydrogen (secondary N) is 1. The number of rotatable bonds is 6. The second kappa shape index (κ2) is 9.34. The fourth-order valence-electron chi connectivity index (χ4n) is 4.57. The number of ether oxygens (including phenoxy) is 2. The van der Waals surface area contributed by atoms with Crippen molar-refractivity contribution >= 4 is 0 Å². The summed E-state index contributed by atoms with van der Waals surface area (Å²) in [6.07, 6.45) is -4.08. The molecule has 0 aliphatic carbocycles. The predicted octanol–water partition coefficient (Wildman–Crippen LogP) is 2.18. The molecule has 0 saturated carbocycles. The Morgan fingerprint density at radius 1 is 0.771 bits per heavy atom. The molecule has 1 fully saturated rings. The highest BCUT2D eigenvalue weighted by molar-refractivity contribution is 5.41. The van der Waals surface area contributed by atoms with E-state index in [-0.39, 0.29) is 0 Å². The first-order valence-electron chi connectivity index (χ1n) is 11.2. The first-order chi connectivity index (χ1) is 17.0. The Morgan fingerprint density at radius 3 is 1.86 bits per heavy atom. The summed E-state index contributed by atoms with van der Waals surface area (Å²) in [5.74, 6) is 0.523. The van der Waals surface area contributed by atoms with E-state index in [1.165, 1.54) is 6.20 Å². The van der Waals surface area contributed by atoms with Crippen molar-refractivity contribution in [3.05, 3.63) is 135 Å². The third kappa shape index (κ3) is 4.08. The van der Waals surface area contributed by atoms with Gasteiger partial charge in [0.05, 0.1) is 0 Å². The van der Waals surface area contributed by atoms with Gasteiger partial charge in [-0.2, -0.15) is 0 Å². The molecule has 3 aromatic carbocycles. The molecule has 5 rings (SSSR count). The lowest BCUT2D eigenvalue weighted by molar-refractivity contribution is -0.114. The van der Waals surface area contributed by atoms with Gasteiger partial charge in [0, 0.05) is 23.4 Å². The van der Waals surface area contributed by atoms with Crippen LogP contribution in [-0.2, 0) is 10.3 Å². The highest BCUT2D eigenvalue weighted by Gasteiger charge is 2.57. The average molecular weight is 472 g/mol. The van der Waals surface area contributed by atoms with Gasteiger partial charge in [-0.25, -0.2) is 4.79 Å². The number of aromatic amines is 1.